The summed E-state index contributed by atoms with van der Waals surface area (Å²) in [5.41, 5.74) is 4.04. The molecule has 0 spiro atoms. The van der Waals surface area contributed by atoms with Crippen molar-refractivity contribution >= 4 is 15.7 Å². The normalized spacial score (nSPS) is 12.9. The Morgan fingerprint density at radius 2 is 1.71 bits per heavy atom. The van der Waals surface area contributed by atoms with Crippen molar-refractivity contribution in [3.05, 3.63) is 77.6 Å². The first-order valence-corrected chi connectivity index (χ1v) is 9.99. The van der Waals surface area contributed by atoms with E-state index < -0.39 is 10.0 Å². The molecule has 2 aromatic carbocycles. The van der Waals surface area contributed by atoms with Crippen LogP contribution in [0.25, 0.3) is 11.1 Å². The molecule has 1 aliphatic heterocycles. The van der Waals surface area contributed by atoms with Crippen LogP contribution in [0.2, 0.25) is 0 Å². The number of rotatable bonds is 3. The number of sulfonamides is 1. The number of fused-ring (bicyclic) bond motifs is 1. The van der Waals surface area contributed by atoms with Gasteiger partial charge in [0.15, 0.2) is 0 Å². The summed E-state index contributed by atoms with van der Waals surface area (Å²) in [4.78, 5) is 4.33. The van der Waals surface area contributed by atoms with E-state index in [9.17, 15) is 8.42 Å². The van der Waals surface area contributed by atoms with Crippen LogP contribution in [0.3, 0.4) is 0 Å². The minimum atomic E-state index is -3.80. The molecule has 0 N–H and O–H groups in total. The van der Waals surface area contributed by atoms with Gasteiger partial charge in [-0.15, -0.1) is 0 Å². The van der Waals surface area contributed by atoms with Gasteiger partial charge >= 0.3 is 0 Å². The lowest BCUT2D eigenvalue weighted by molar-refractivity contribution is 0.592. The molecule has 0 fully saturated rings. The van der Waals surface area contributed by atoms with Crippen LogP contribution in [-0.4, -0.2) is 19.9 Å². The third-order valence-corrected chi connectivity index (χ3v) is 6.55. The largest absolute Gasteiger partial charge is 0.264 e. The molecule has 0 aliphatic carbocycles. The predicted molar refractivity (Wildman–Crippen MR) is 104 cm³/mol. The van der Waals surface area contributed by atoms with Gasteiger partial charge in [0.1, 0.15) is 0 Å². The fourth-order valence-electron chi connectivity index (χ4n) is 3.36. The van der Waals surface area contributed by atoms with Crippen LogP contribution in [0.1, 0.15) is 16.7 Å². The maximum Gasteiger partial charge on any atom is 0.264 e. The molecular weight excluding hydrogens is 372 g/mol. The smallest absolute Gasteiger partial charge is 0.264 e. The highest BCUT2D eigenvalue weighted by molar-refractivity contribution is 7.92. The SMILES string of the molecule is N#Cc1ccc(-c2cncc3c2CCN3S(=O)(=O)c2cccc(C#N)c2)cc1. The second-order valence-electron chi connectivity index (χ2n) is 6.34. The van der Waals surface area contributed by atoms with Crippen LogP contribution >= 0.6 is 0 Å². The summed E-state index contributed by atoms with van der Waals surface area (Å²) in [6.07, 6.45) is 3.83. The number of nitrogens with zero attached hydrogens (tertiary/aromatic N) is 4. The van der Waals surface area contributed by atoms with E-state index in [-0.39, 0.29) is 4.90 Å². The van der Waals surface area contributed by atoms with Crippen molar-refractivity contribution in [2.75, 3.05) is 10.8 Å². The number of aromatic nitrogens is 1. The molecule has 0 bridgehead atoms. The van der Waals surface area contributed by atoms with Crippen molar-refractivity contribution < 1.29 is 8.42 Å². The van der Waals surface area contributed by atoms with Crippen molar-refractivity contribution in [3.63, 3.8) is 0 Å². The minimum Gasteiger partial charge on any atom is -0.264 e. The van der Waals surface area contributed by atoms with Gasteiger partial charge in [0, 0.05) is 18.3 Å². The lowest BCUT2D eigenvalue weighted by Gasteiger charge is -2.19. The van der Waals surface area contributed by atoms with Gasteiger partial charge < -0.3 is 0 Å². The molecule has 6 nitrogen and oxygen atoms in total. The zero-order chi connectivity index (χ0) is 19.7. The van der Waals surface area contributed by atoms with Gasteiger partial charge in [-0.3, -0.25) is 9.29 Å². The van der Waals surface area contributed by atoms with Crippen LogP contribution in [0.4, 0.5) is 5.69 Å². The Kier molecular flexibility index (Phi) is 4.31. The summed E-state index contributed by atoms with van der Waals surface area (Å²) < 4.78 is 27.6. The molecule has 7 heteroatoms. The van der Waals surface area contributed by atoms with Crippen LogP contribution in [-0.2, 0) is 16.4 Å². The Labute approximate surface area is 163 Å². The van der Waals surface area contributed by atoms with Crippen molar-refractivity contribution in [2.45, 2.75) is 11.3 Å². The van der Waals surface area contributed by atoms with Gasteiger partial charge in [0.2, 0.25) is 0 Å². The Morgan fingerprint density at radius 3 is 2.43 bits per heavy atom. The van der Waals surface area contributed by atoms with Crippen LogP contribution in [0.5, 0.6) is 0 Å². The molecule has 0 atom stereocenters. The zero-order valence-corrected chi connectivity index (χ0v) is 15.5. The Morgan fingerprint density at radius 1 is 0.964 bits per heavy atom. The van der Waals surface area contributed by atoms with E-state index in [1.165, 1.54) is 16.4 Å². The lowest BCUT2D eigenvalue weighted by atomic mass is 9.99. The average molecular weight is 386 g/mol. The summed E-state index contributed by atoms with van der Waals surface area (Å²) in [5, 5.41) is 18.0. The van der Waals surface area contributed by atoms with Crippen molar-refractivity contribution in [1.29, 1.82) is 10.5 Å². The first-order chi connectivity index (χ1) is 13.5. The van der Waals surface area contributed by atoms with E-state index in [2.05, 4.69) is 11.1 Å². The molecule has 0 saturated carbocycles. The lowest BCUT2D eigenvalue weighted by Crippen LogP contribution is -2.29. The molecule has 0 saturated heterocycles. The van der Waals surface area contributed by atoms with Crippen molar-refractivity contribution in [3.8, 4) is 23.3 Å². The molecule has 0 unspecified atom stereocenters. The van der Waals surface area contributed by atoms with Crippen LogP contribution in [0.15, 0.2) is 65.8 Å². The number of benzene rings is 2. The molecule has 136 valence electrons. The molecule has 2 heterocycles. The van der Waals surface area contributed by atoms with Crippen molar-refractivity contribution in [1.82, 2.24) is 4.98 Å². The van der Waals surface area contributed by atoms with Gasteiger partial charge in [-0.05, 0) is 47.9 Å². The molecule has 28 heavy (non-hydrogen) atoms. The fourth-order valence-corrected chi connectivity index (χ4v) is 4.89. The average Bonchev–Trinajstić information content (AvgIpc) is 3.19. The number of hydrogen-bond donors (Lipinski definition) is 0. The summed E-state index contributed by atoms with van der Waals surface area (Å²) in [6.45, 7) is 0.309. The van der Waals surface area contributed by atoms with Crippen LogP contribution in [0, 0.1) is 22.7 Å². The van der Waals surface area contributed by atoms with Gasteiger partial charge in [-0.2, -0.15) is 10.5 Å². The maximum absolute atomic E-state index is 13.1. The third-order valence-electron chi connectivity index (χ3n) is 4.74. The Bertz CT molecular complexity index is 1250. The molecule has 1 aliphatic rings. The highest BCUT2D eigenvalue weighted by Gasteiger charge is 2.32. The zero-order valence-electron chi connectivity index (χ0n) is 14.7. The summed E-state index contributed by atoms with van der Waals surface area (Å²) in [5.74, 6) is 0. The van der Waals surface area contributed by atoms with E-state index in [4.69, 9.17) is 10.5 Å². The summed E-state index contributed by atoms with van der Waals surface area (Å²) in [7, 11) is -3.80. The Balaban J connectivity index is 1.78. The quantitative estimate of drug-likeness (QED) is 0.688. The van der Waals surface area contributed by atoms with E-state index in [1.54, 1.807) is 36.7 Å². The topological polar surface area (TPSA) is 97.8 Å². The second kappa shape index (κ2) is 6.80. The Hall–Kier alpha value is -3.68. The van der Waals surface area contributed by atoms with Gasteiger partial charge in [-0.1, -0.05) is 18.2 Å². The monoisotopic (exact) mass is 386 g/mol. The van der Waals surface area contributed by atoms with E-state index in [1.807, 2.05) is 18.2 Å². The summed E-state index contributed by atoms with van der Waals surface area (Å²) in [6, 6.07) is 17.2. The van der Waals surface area contributed by atoms with Gasteiger partial charge in [0.25, 0.3) is 10.0 Å². The predicted octanol–water partition coefficient (Wildman–Crippen LogP) is 3.24. The molecule has 0 radical (unpaired) electrons. The molecule has 4 rings (SSSR count). The third kappa shape index (κ3) is 2.88. The molecule has 3 aromatic rings. The first kappa shape index (κ1) is 17.7. The maximum atomic E-state index is 13.1. The van der Waals surface area contributed by atoms with Gasteiger partial charge in [-0.25, -0.2) is 8.42 Å². The highest BCUT2D eigenvalue weighted by Crippen LogP contribution is 2.38. The number of pyridine rings is 1. The second-order valence-corrected chi connectivity index (χ2v) is 8.20. The van der Waals surface area contributed by atoms with Gasteiger partial charge in [0.05, 0.1) is 40.0 Å². The number of anilines is 1. The van der Waals surface area contributed by atoms with E-state index >= 15 is 0 Å². The highest BCUT2D eigenvalue weighted by atomic mass is 32.2. The first-order valence-electron chi connectivity index (χ1n) is 8.55. The number of hydrogen-bond acceptors (Lipinski definition) is 5. The van der Waals surface area contributed by atoms with E-state index in [0.29, 0.717) is 29.8 Å². The van der Waals surface area contributed by atoms with Crippen LogP contribution < -0.4 is 4.31 Å². The number of nitriles is 2. The molecular formula is C21H14N4O2S. The standard InChI is InChI=1S/C21H14N4O2S/c22-11-15-4-6-17(7-5-15)20-13-24-14-21-19(20)8-9-25(21)28(26,27)18-3-1-2-16(10-18)12-23/h1-7,10,13-14H,8-9H2. The van der Waals surface area contributed by atoms with E-state index in [0.717, 1.165) is 16.7 Å². The minimum absolute atomic E-state index is 0.0863. The fraction of sp³-hybridized carbons (Fsp3) is 0.0952. The summed E-state index contributed by atoms with van der Waals surface area (Å²) >= 11 is 0. The molecule has 1 aromatic heterocycles. The molecule has 0 amide bonds. The van der Waals surface area contributed by atoms with Crippen molar-refractivity contribution in [2.24, 2.45) is 0 Å².